The number of carbonyl (C=O) groups is 1. The van der Waals surface area contributed by atoms with Gasteiger partial charge in [-0.15, -0.1) is 10.2 Å². The van der Waals surface area contributed by atoms with Crippen molar-refractivity contribution in [3.05, 3.63) is 70.9 Å². The highest BCUT2D eigenvalue weighted by Crippen LogP contribution is 2.47. The fourth-order valence-electron chi connectivity index (χ4n) is 7.06. The standard InChI is InChI=1S/C35H40N6O5S/c1-39(2)47(43,44)38-35(42)24-9-11-29-31(21-24)41-22-26(30-13-14-32(37-36-30)40-15-17-46-18-16-40)19-25-20-27(45-3)10-12-28(25)34(41)33(29)23-7-5-4-6-8-23/h9-14,19-21,23H,4-8,15-18,22H2,1-3H3,(H,38,42). The Morgan fingerprint density at radius 3 is 2.49 bits per heavy atom. The smallest absolute Gasteiger partial charge is 0.303 e. The molecule has 3 aliphatic rings. The minimum atomic E-state index is -3.96. The van der Waals surface area contributed by atoms with Crippen LogP contribution < -0.4 is 14.4 Å². The summed E-state index contributed by atoms with van der Waals surface area (Å²) in [5, 5.41) is 10.4. The maximum absolute atomic E-state index is 13.3. The van der Waals surface area contributed by atoms with E-state index in [9.17, 15) is 13.2 Å². The van der Waals surface area contributed by atoms with Gasteiger partial charge < -0.3 is 18.9 Å². The maximum Gasteiger partial charge on any atom is 0.303 e. The molecule has 2 aromatic carbocycles. The number of hydrogen-bond donors (Lipinski definition) is 1. The molecule has 0 atom stereocenters. The van der Waals surface area contributed by atoms with Crippen molar-refractivity contribution in [1.29, 1.82) is 0 Å². The van der Waals surface area contributed by atoms with Crippen LogP contribution >= 0.6 is 0 Å². The van der Waals surface area contributed by atoms with E-state index in [0.29, 0.717) is 25.7 Å². The van der Waals surface area contributed by atoms with E-state index >= 15 is 0 Å². The molecule has 4 heterocycles. The predicted molar refractivity (Wildman–Crippen MR) is 183 cm³/mol. The van der Waals surface area contributed by atoms with Crippen molar-refractivity contribution < 1.29 is 22.7 Å². The van der Waals surface area contributed by atoms with Crippen molar-refractivity contribution in [1.82, 2.24) is 23.8 Å². The molecule has 11 nitrogen and oxygen atoms in total. The fraction of sp³-hybridized carbons (Fsp3) is 0.400. The summed E-state index contributed by atoms with van der Waals surface area (Å²) in [6, 6.07) is 15.8. The van der Waals surface area contributed by atoms with Gasteiger partial charge in [-0.3, -0.25) is 4.79 Å². The Morgan fingerprint density at radius 2 is 1.79 bits per heavy atom. The lowest BCUT2D eigenvalue weighted by molar-refractivity contribution is 0.0979. The topological polar surface area (TPSA) is 119 Å². The van der Waals surface area contributed by atoms with Crippen LogP contribution in [0, 0.1) is 0 Å². The minimum Gasteiger partial charge on any atom is -0.497 e. The van der Waals surface area contributed by atoms with Crippen LogP contribution in [0.3, 0.4) is 0 Å². The molecule has 0 spiro atoms. The van der Waals surface area contributed by atoms with Gasteiger partial charge in [-0.2, -0.15) is 12.7 Å². The average molecular weight is 657 g/mol. The Balaban J connectivity index is 1.40. The third-order valence-corrected chi connectivity index (χ3v) is 11.0. The van der Waals surface area contributed by atoms with Gasteiger partial charge in [-0.05, 0) is 84.0 Å². The van der Waals surface area contributed by atoms with Crippen LogP contribution in [0.4, 0.5) is 5.82 Å². The zero-order valence-corrected chi connectivity index (χ0v) is 27.8. The van der Waals surface area contributed by atoms with E-state index < -0.39 is 16.1 Å². The Kier molecular flexibility index (Phi) is 8.50. The lowest BCUT2D eigenvalue weighted by Gasteiger charge is -2.27. The normalized spacial score (nSPS) is 17.2. The number of methoxy groups -OCH3 is 1. The van der Waals surface area contributed by atoms with E-state index in [1.165, 1.54) is 38.9 Å². The molecule has 2 fully saturated rings. The largest absolute Gasteiger partial charge is 0.497 e. The molecule has 4 aromatic rings. The van der Waals surface area contributed by atoms with E-state index in [0.717, 1.165) is 80.8 Å². The molecule has 1 aliphatic carbocycles. The van der Waals surface area contributed by atoms with Crippen LogP contribution in [0.5, 0.6) is 5.75 Å². The number of rotatable bonds is 7. The van der Waals surface area contributed by atoms with Crippen molar-refractivity contribution >= 4 is 44.5 Å². The molecule has 1 saturated heterocycles. The van der Waals surface area contributed by atoms with Gasteiger partial charge in [0.2, 0.25) is 0 Å². The molecule has 0 unspecified atom stereocenters. The molecule has 0 radical (unpaired) electrons. The molecule has 1 amide bonds. The number of carbonyl (C=O) groups excluding carboxylic acids is 1. The lowest BCUT2D eigenvalue weighted by atomic mass is 9.81. The van der Waals surface area contributed by atoms with Crippen LogP contribution in [0.15, 0.2) is 48.5 Å². The molecule has 12 heteroatoms. The summed E-state index contributed by atoms with van der Waals surface area (Å²) in [5.41, 5.74) is 7.38. The number of benzene rings is 2. The highest BCUT2D eigenvalue weighted by molar-refractivity contribution is 7.87. The number of nitrogens with one attached hydrogen (secondary N) is 1. The summed E-state index contributed by atoms with van der Waals surface area (Å²) < 4.78 is 41.7. The van der Waals surface area contributed by atoms with Gasteiger partial charge in [0.1, 0.15) is 5.75 Å². The number of nitrogens with zero attached hydrogens (tertiary/aromatic N) is 5. The molecule has 0 bridgehead atoms. The molecule has 2 aromatic heterocycles. The average Bonchev–Trinajstić information content (AvgIpc) is 3.31. The summed E-state index contributed by atoms with van der Waals surface area (Å²) in [4.78, 5) is 15.5. The SMILES string of the molecule is COc1ccc2c(c1)C=C(c1ccc(N3CCOCC3)nn1)Cn1c-2c(C2CCCCC2)c2ccc(C(=O)NS(=O)(=O)N(C)C)cc21. The molecule has 1 saturated carbocycles. The second-order valence-corrected chi connectivity index (χ2v) is 14.5. The number of hydrogen-bond acceptors (Lipinski definition) is 8. The highest BCUT2D eigenvalue weighted by Gasteiger charge is 2.30. The third kappa shape index (κ3) is 6.01. The first kappa shape index (κ1) is 31.3. The van der Waals surface area contributed by atoms with Crippen LogP contribution in [-0.2, 0) is 21.5 Å². The Hall–Kier alpha value is -4.26. The lowest BCUT2D eigenvalue weighted by Crippen LogP contribution is -2.39. The quantitative estimate of drug-likeness (QED) is 0.293. The van der Waals surface area contributed by atoms with Gasteiger partial charge in [0, 0.05) is 49.2 Å². The van der Waals surface area contributed by atoms with E-state index in [-0.39, 0.29) is 5.56 Å². The molecule has 47 heavy (non-hydrogen) atoms. The molecular formula is C35H40N6O5S. The van der Waals surface area contributed by atoms with Crippen LogP contribution in [0.25, 0.3) is 33.8 Å². The van der Waals surface area contributed by atoms with E-state index in [2.05, 4.69) is 37.5 Å². The zero-order valence-electron chi connectivity index (χ0n) is 27.0. The Labute approximate surface area is 275 Å². The first-order chi connectivity index (χ1) is 22.7. The fourth-order valence-corrected chi connectivity index (χ4v) is 7.60. The summed E-state index contributed by atoms with van der Waals surface area (Å²) in [5.74, 6) is 1.27. The zero-order chi connectivity index (χ0) is 32.7. The summed E-state index contributed by atoms with van der Waals surface area (Å²) >= 11 is 0. The van der Waals surface area contributed by atoms with Gasteiger partial charge in [0.25, 0.3) is 5.91 Å². The second-order valence-electron chi connectivity index (χ2n) is 12.6. The predicted octanol–water partition coefficient (Wildman–Crippen LogP) is 5.08. The van der Waals surface area contributed by atoms with Crippen molar-refractivity contribution in [2.75, 3.05) is 52.4 Å². The minimum absolute atomic E-state index is 0.276. The summed E-state index contributed by atoms with van der Waals surface area (Å²) in [6.45, 7) is 3.38. The second kappa shape index (κ2) is 12.7. The van der Waals surface area contributed by atoms with E-state index in [4.69, 9.17) is 14.6 Å². The summed E-state index contributed by atoms with van der Waals surface area (Å²) in [6.07, 6.45) is 7.92. The van der Waals surface area contributed by atoms with Crippen molar-refractivity contribution in [3.8, 4) is 17.0 Å². The van der Waals surface area contributed by atoms with Gasteiger partial charge in [-0.1, -0.05) is 25.3 Å². The number of fused-ring (bicyclic) bond motifs is 5. The van der Waals surface area contributed by atoms with Gasteiger partial charge in [-0.25, -0.2) is 4.72 Å². The van der Waals surface area contributed by atoms with Crippen molar-refractivity contribution in [3.63, 3.8) is 0 Å². The molecular weight excluding hydrogens is 616 g/mol. The Bertz CT molecular complexity index is 1960. The number of allylic oxidation sites excluding steroid dienone is 1. The third-order valence-electron chi connectivity index (χ3n) is 9.57. The molecule has 246 valence electrons. The van der Waals surface area contributed by atoms with Crippen molar-refractivity contribution in [2.45, 2.75) is 44.6 Å². The number of anilines is 1. The van der Waals surface area contributed by atoms with Gasteiger partial charge in [0.05, 0.1) is 38.3 Å². The molecule has 7 rings (SSSR count). The van der Waals surface area contributed by atoms with Crippen LogP contribution in [0.1, 0.15) is 65.2 Å². The first-order valence-corrected chi connectivity index (χ1v) is 17.6. The molecule has 1 N–H and O–H groups in total. The summed E-state index contributed by atoms with van der Waals surface area (Å²) in [7, 11) is 0.492. The van der Waals surface area contributed by atoms with Crippen LogP contribution in [-0.4, -0.2) is 80.9 Å². The maximum atomic E-state index is 13.3. The highest BCUT2D eigenvalue weighted by atomic mass is 32.2. The van der Waals surface area contributed by atoms with Crippen molar-refractivity contribution in [2.24, 2.45) is 0 Å². The van der Waals surface area contributed by atoms with E-state index in [1.807, 2.05) is 30.3 Å². The van der Waals surface area contributed by atoms with Gasteiger partial charge >= 0.3 is 10.2 Å². The van der Waals surface area contributed by atoms with Gasteiger partial charge in [0.15, 0.2) is 5.82 Å². The number of amides is 1. The number of ether oxygens (including phenoxy) is 2. The number of aromatic nitrogens is 3. The Morgan fingerprint density at radius 1 is 1.00 bits per heavy atom. The first-order valence-electron chi connectivity index (χ1n) is 16.2. The van der Waals surface area contributed by atoms with Crippen LogP contribution in [0.2, 0.25) is 0 Å². The monoisotopic (exact) mass is 656 g/mol. The molecule has 2 aliphatic heterocycles. The number of morpholine rings is 1. The van der Waals surface area contributed by atoms with E-state index in [1.54, 1.807) is 13.2 Å².